The zero-order valence-electron chi connectivity index (χ0n) is 15.8. The summed E-state index contributed by atoms with van der Waals surface area (Å²) >= 11 is 0. The van der Waals surface area contributed by atoms with Gasteiger partial charge in [0.15, 0.2) is 0 Å². The molecule has 1 N–H and O–H groups in total. The Hall–Kier alpha value is -2.50. The van der Waals surface area contributed by atoms with Crippen LogP contribution in [-0.2, 0) is 6.54 Å². The van der Waals surface area contributed by atoms with Gasteiger partial charge in [-0.1, -0.05) is 26.0 Å². The molecule has 6 heteroatoms. The fourth-order valence-electron chi connectivity index (χ4n) is 3.48. The highest BCUT2D eigenvalue weighted by Crippen LogP contribution is 2.33. The Morgan fingerprint density at radius 2 is 2.19 bits per heavy atom. The molecule has 1 aliphatic rings. The van der Waals surface area contributed by atoms with Crippen molar-refractivity contribution in [2.45, 2.75) is 45.7 Å². The topological polar surface area (TPSA) is 59.4 Å². The zero-order valence-corrected chi connectivity index (χ0v) is 15.8. The minimum absolute atomic E-state index is 0.0666. The van der Waals surface area contributed by atoms with E-state index in [1.54, 1.807) is 13.3 Å². The van der Waals surface area contributed by atoms with E-state index in [4.69, 9.17) is 4.74 Å². The Morgan fingerprint density at radius 1 is 1.35 bits per heavy atom. The van der Waals surface area contributed by atoms with E-state index in [0.29, 0.717) is 5.92 Å². The predicted octanol–water partition coefficient (Wildman–Crippen LogP) is 4.31. The molecule has 0 bridgehead atoms. The standard InChI is InChI=1S/C20H28N4O2/c1-15(2)14-24-19(10-11-21-24)22-20(25)23-12-5-4-9-18(23)16-7-6-8-17(13-16)26-3/h6-8,10-11,13,15,18H,4-5,9,12,14H2,1-3H3,(H,22,25)/t18-/m1/s1. The summed E-state index contributed by atoms with van der Waals surface area (Å²) in [6, 6.07) is 9.87. The van der Waals surface area contributed by atoms with Crippen LogP contribution in [0.3, 0.4) is 0 Å². The summed E-state index contributed by atoms with van der Waals surface area (Å²) in [6.07, 6.45) is 4.84. The molecule has 0 aliphatic carbocycles. The van der Waals surface area contributed by atoms with Gasteiger partial charge >= 0.3 is 6.03 Å². The Kier molecular flexibility index (Phi) is 5.81. The van der Waals surface area contributed by atoms with Crippen molar-refractivity contribution in [1.29, 1.82) is 0 Å². The number of ether oxygens (including phenoxy) is 1. The van der Waals surface area contributed by atoms with Crippen LogP contribution < -0.4 is 10.1 Å². The van der Waals surface area contributed by atoms with Crippen LogP contribution in [0.25, 0.3) is 0 Å². The van der Waals surface area contributed by atoms with Crippen LogP contribution in [0.2, 0.25) is 0 Å². The van der Waals surface area contributed by atoms with Gasteiger partial charge in [-0.05, 0) is 42.9 Å². The van der Waals surface area contributed by atoms with Crippen molar-refractivity contribution in [3.05, 3.63) is 42.1 Å². The molecule has 1 aromatic carbocycles. The van der Waals surface area contributed by atoms with Crippen LogP contribution in [0, 0.1) is 5.92 Å². The summed E-state index contributed by atoms with van der Waals surface area (Å²) in [5.74, 6) is 2.03. The fraction of sp³-hybridized carbons (Fsp3) is 0.500. The first kappa shape index (κ1) is 18.3. The molecule has 2 heterocycles. The van der Waals surface area contributed by atoms with E-state index in [0.717, 1.165) is 49.5 Å². The number of rotatable bonds is 5. The number of nitrogens with zero attached hydrogens (tertiary/aromatic N) is 3. The van der Waals surface area contributed by atoms with Gasteiger partial charge in [-0.15, -0.1) is 0 Å². The molecule has 1 aliphatic heterocycles. The first-order valence-electron chi connectivity index (χ1n) is 9.32. The lowest BCUT2D eigenvalue weighted by molar-refractivity contribution is 0.163. The molecule has 0 radical (unpaired) electrons. The number of methoxy groups -OCH3 is 1. The predicted molar refractivity (Wildman–Crippen MR) is 102 cm³/mol. The van der Waals surface area contributed by atoms with Crippen LogP contribution in [-0.4, -0.2) is 34.4 Å². The lowest BCUT2D eigenvalue weighted by Gasteiger charge is -2.36. The first-order chi connectivity index (χ1) is 12.6. The van der Waals surface area contributed by atoms with E-state index in [2.05, 4.69) is 30.3 Å². The van der Waals surface area contributed by atoms with Crippen LogP contribution >= 0.6 is 0 Å². The second-order valence-corrected chi connectivity index (χ2v) is 7.20. The average Bonchev–Trinajstić information content (AvgIpc) is 3.07. The molecule has 2 aromatic rings. The molecule has 1 atom stereocenters. The van der Waals surface area contributed by atoms with Gasteiger partial charge in [0.25, 0.3) is 0 Å². The van der Waals surface area contributed by atoms with Gasteiger partial charge in [0.1, 0.15) is 11.6 Å². The maximum Gasteiger partial charge on any atom is 0.323 e. The molecule has 0 unspecified atom stereocenters. The minimum atomic E-state index is -0.0666. The van der Waals surface area contributed by atoms with Gasteiger partial charge in [0.2, 0.25) is 0 Å². The van der Waals surface area contributed by atoms with Crippen molar-refractivity contribution in [2.75, 3.05) is 19.0 Å². The molecule has 0 spiro atoms. The quantitative estimate of drug-likeness (QED) is 0.868. The Morgan fingerprint density at radius 3 is 2.96 bits per heavy atom. The Labute approximate surface area is 155 Å². The van der Waals surface area contributed by atoms with Crippen molar-refractivity contribution in [3.8, 4) is 5.75 Å². The lowest BCUT2D eigenvalue weighted by Crippen LogP contribution is -2.41. The highest BCUT2D eigenvalue weighted by Gasteiger charge is 2.28. The number of amides is 2. The number of hydrogen-bond donors (Lipinski definition) is 1. The molecule has 140 valence electrons. The normalized spacial score (nSPS) is 17.4. The number of nitrogens with one attached hydrogen (secondary N) is 1. The number of likely N-dealkylation sites (tertiary alicyclic amines) is 1. The smallest absolute Gasteiger partial charge is 0.323 e. The molecule has 1 fully saturated rings. The molecule has 0 saturated carbocycles. The number of piperidine rings is 1. The molecule has 3 rings (SSSR count). The largest absolute Gasteiger partial charge is 0.497 e. The second-order valence-electron chi connectivity index (χ2n) is 7.20. The van der Waals surface area contributed by atoms with Crippen molar-refractivity contribution in [1.82, 2.24) is 14.7 Å². The van der Waals surface area contributed by atoms with E-state index in [1.165, 1.54) is 0 Å². The van der Waals surface area contributed by atoms with E-state index >= 15 is 0 Å². The minimum Gasteiger partial charge on any atom is -0.497 e. The van der Waals surface area contributed by atoms with Crippen molar-refractivity contribution < 1.29 is 9.53 Å². The molecule has 1 saturated heterocycles. The van der Waals surface area contributed by atoms with Gasteiger partial charge in [0.05, 0.1) is 19.3 Å². The molecule has 26 heavy (non-hydrogen) atoms. The number of anilines is 1. The molecule has 6 nitrogen and oxygen atoms in total. The van der Waals surface area contributed by atoms with Crippen LogP contribution in [0.15, 0.2) is 36.5 Å². The van der Waals surface area contributed by atoms with E-state index < -0.39 is 0 Å². The molecule has 1 aromatic heterocycles. The number of carbonyl (C=O) groups is 1. The maximum atomic E-state index is 13.0. The number of aromatic nitrogens is 2. The average molecular weight is 356 g/mol. The number of hydrogen-bond acceptors (Lipinski definition) is 3. The van der Waals surface area contributed by atoms with E-state index in [1.807, 2.05) is 33.8 Å². The van der Waals surface area contributed by atoms with Crippen molar-refractivity contribution in [2.24, 2.45) is 5.92 Å². The fourth-order valence-corrected chi connectivity index (χ4v) is 3.48. The molecular weight excluding hydrogens is 328 g/mol. The van der Waals surface area contributed by atoms with Crippen LogP contribution in [0.5, 0.6) is 5.75 Å². The number of urea groups is 1. The van der Waals surface area contributed by atoms with Crippen LogP contribution in [0.4, 0.5) is 10.6 Å². The van der Waals surface area contributed by atoms with Gasteiger partial charge in [-0.2, -0.15) is 5.10 Å². The summed E-state index contributed by atoms with van der Waals surface area (Å²) in [4.78, 5) is 14.9. The summed E-state index contributed by atoms with van der Waals surface area (Å²) in [6.45, 7) is 5.81. The summed E-state index contributed by atoms with van der Waals surface area (Å²) in [5.41, 5.74) is 1.12. The summed E-state index contributed by atoms with van der Waals surface area (Å²) in [7, 11) is 1.67. The zero-order chi connectivity index (χ0) is 18.5. The monoisotopic (exact) mass is 356 g/mol. The molecular formula is C20H28N4O2. The first-order valence-corrected chi connectivity index (χ1v) is 9.32. The third-order valence-electron chi connectivity index (χ3n) is 4.73. The summed E-state index contributed by atoms with van der Waals surface area (Å²) < 4.78 is 7.20. The van der Waals surface area contributed by atoms with Crippen LogP contribution in [0.1, 0.15) is 44.7 Å². The Bertz CT molecular complexity index is 741. The third kappa shape index (κ3) is 4.18. The molecule has 2 amide bonds. The van der Waals surface area contributed by atoms with Gasteiger partial charge < -0.3 is 9.64 Å². The van der Waals surface area contributed by atoms with Gasteiger partial charge in [0, 0.05) is 19.2 Å². The van der Waals surface area contributed by atoms with E-state index in [-0.39, 0.29) is 12.1 Å². The highest BCUT2D eigenvalue weighted by molar-refractivity contribution is 5.88. The highest BCUT2D eigenvalue weighted by atomic mass is 16.5. The number of benzene rings is 1. The lowest BCUT2D eigenvalue weighted by atomic mass is 9.95. The number of carbonyl (C=O) groups excluding carboxylic acids is 1. The summed E-state index contributed by atoms with van der Waals surface area (Å²) in [5, 5.41) is 7.37. The Balaban J connectivity index is 1.77. The maximum absolute atomic E-state index is 13.0. The van der Waals surface area contributed by atoms with Gasteiger partial charge in [-0.3, -0.25) is 5.32 Å². The SMILES string of the molecule is COc1cccc([C@H]2CCCCN2C(=O)Nc2ccnn2CC(C)C)c1. The second kappa shape index (κ2) is 8.25. The van der Waals surface area contributed by atoms with E-state index in [9.17, 15) is 4.79 Å². The third-order valence-corrected chi connectivity index (χ3v) is 4.73. The van der Waals surface area contributed by atoms with Crippen molar-refractivity contribution in [3.63, 3.8) is 0 Å². The van der Waals surface area contributed by atoms with Crippen molar-refractivity contribution >= 4 is 11.8 Å². The van der Waals surface area contributed by atoms with Gasteiger partial charge in [-0.25, -0.2) is 9.48 Å².